The molecule has 0 spiro atoms. The predicted molar refractivity (Wildman–Crippen MR) is 324 cm³/mol. The van der Waals surface area contributed by atoms with Crippen molar-refractivity contribution >= 4 is 0 Å². The van der Waals surface area contributed by atoms with Crippen LogP contribution in [-0.2, 0) is 71.1 Å². The van der Waals surface area contributed by atoms with Crippen molar-refractivity contribution < 1.29 is 101 Å². The normalized spacial score (nSPS) is 12.6. The summed E-state index contributed by atoms with van der Waals surface area (Å²) in [7, 11) is 0. The van der Waals surface area contributed by atoms with Gasteiger partial charge in [0, 0.05) is 61.7 Å². The van der Waals surface area contributed by atoms with Crippen LogP contribution in [0.15, 0.2) is 146 Å². The second kappa shape index (κ2) is 32.2. The highest BCUT2D eigenvalue weighted by Gasteiger charge is 2.26. The van der Waals surface area contributed by atoms with Crippen LogP contribution in [0.2, 0.25) is 0 Å². The van der Waals surface area contributed by atoms with Crippen molar-refractivity contribution in [3.8, 4) is 92.0 Å². The Kier molecular flexibility index (Phi) is 24.1. The van der Waals surface area contributed by atoms with Gasteiger partial charge in [0.05, 0.1) is 39.6 Å². The Morgan fingerprint density at radius 3 is 0.580 bits per heavy atom. The van der Waals surface area contributed by atoms with E-state index in [-0.39, 0.29) is 155 Å². The van der Waals surface area contributed by atoms with Crippen molar-refractivity contribution in [3.05, 3.63) is 190 Å². The largest absolute Gasteiger partial charge is 0.508 e. The summed E-state index contributed by atoms with van der Waals surface area (Å²) in [5, 5.41) is 159. The second-order valence-corrected chi connectivity index (χ2v) is 22.1. The highest BCUT2D eigenvalue weighted by Crippen LogP contribution is 2.35. The lowest BCUT2D eigenvalue weighted by Gasteiger charge is -2.28. The predicted octanol–water partition coefficient (Wildman–Crippen LogP) is 11.1. The summed E-state index contributed by atoms with van der Waals surface area (Å²) >= 11 is 0. The third kappa shape index (κ3) is 22.7. The van der Waals surface area contributed by atoms with Gasteiger partial charge >= 0.3 is 0 Å². The number of phenolic OH excluding ortho intramolecular Hbond substituents is 16. The average Bonchev–Trinajstić information content (AvgIpc) is 3.45. The zero-order valence-corrected chi connectivity index (χ0v) is 48.3. The minimum atomic E-state index is -0.172. The minimum absolute atomic E-state index is 0.0558. The van der Waals surface area contributed by atoms with Crippen molar-refractivity contribution in [2.24, 2.45) is 23.7 Å². The summed E-state index contributed by atoms with van der Waals surface area (Å²) < 4.78 is 23.8. The molecule has 0 heterocycles. The molecule has 0 saturated heterocycles. The molecule has 0 aliphatic carbocycles. The van der Waals surface area contributed by atoms with Crippen LogP contribution in [0, 0.1) is 23.7 Å². The molecule has 0 aliphatic rings. The molecule has 8 aromatic carbocycles. The summed E-state index contributed by atoms with van der Waals surface area (Å²) in [4.78, 5) is 0. The van der Waals surface area contributed by atoms with Crippen LogP contribution in [0.3, 0.4) is 0 Å². The molecule has 20 heteroatoms. The first-order valence-electron chi connectivity index (χ1n) is 28.5. The zero-order chi connectivity index (χ0) is 63.3. The SMILES string of the molecule is Oc1cc(O)cc(COCCC[C@@H](Cc2cc(O)cc(O)c2)[C@@H](COCc2cc(O)cc(O)c2)Cc2cc(O)cc(O)c2)c1.Oc1cc(O)cc(COCCC[C@H](Cc2cc(O)cc(O)c2)[C@H](COCc2cc(O)cc(O)c2)Cc2cc(O)cc(O)c2)c1. The minimum Gasteiger partial charge on any atom is -0.508 e. The molecule has 88 heavy (non-hydrogen) atoms. The van der Waals surface area contributed by atoms with Crippen LogP contribution in [-0.4, -0.2) is 108 Å². The van der Waals surface area contributed by atoms with Gasteiger partial charge in [-0.05, 0) is 217 Å². The van der Waals surface area contributed by atoms with E-state index in [1.165, 1.54) is 97.1 Å². The van der Waals surface area contributed by atoms with Gasteiger partial charge < -0.3 is 101 Å². The Labute approximate surface area is 508 Å². The lowest BCUT2D eigenvalue weighted by Crippen LogP contribution is -2.25. The number of hydrogen-bond donors (Lipinski definition) is 16. The van der Waals surface area contributed by atoms with Gasteiger partial charge in [0.25, 0.3) is 0 Å². The average molecular weight is 1210 g/mol. The lowest BCUT2D eigenvalue weighted by molar-refractivity contribution is 0.0578. The molecule has 468 valence electrons. The summed E-state index contributed by atoms with van der Waals surface area (Å²) in [6.45, 7) is 1.85. The van der Waals surface area contributed by atoms with Crippen molar-refractivity contribution in [1.29, 1.82) is 0 Å². The molecule has 4 atom stereocenters. The first-order valence-corrected chi connectivity index (χ1v) is 28.5. The van der Waals surface area contributed by atoms with E-state index >= 15 is 0 Å². The number of aromatic hydroxyl groups is 16. The second-order valence-electron chi connectivity index (χ2n) is 22.1. The van der Waals surface area contributed by atoms with Gasteiger partial charge in [-0.1, -0.05) is 0 Å². The molecular weight excluding hydrogens is 1140 g/mol. The number of phenols is 16. The molecule has 20 nitrogen and oxygen atoms in total. The third-order valence-electron chi connectivity index (χ3n) is 14.5. The molecule has 0 amide bonds. The molecule has 8 aromatic rings. The molecule has 16 N–H and O–H groups in total. The summed E-state index contributed by atoms with van der Waals surface area (Å²) in [5.41, 5.74) is 5.22. The van der Waals surface area contributed by atoms with E-state index in [9.17, 15) is 81.7 Å². The van der Waals surface area contributed by atoms with Crippen LogP contribution in [0.5, 0.6) is 92.0 Å². The molecule has 8 rings (SSSR count). The molecule has 0 radical (unpaired) electrons. The van der Waals surface area contributed by atoms with Gasteiger partial charge in [0.15, 0.2) is 0 Å². The standard InChI is InChI=1S/2C34H38O10/c2*35-27-6-21(7-28(36)14-27)4-25(2-1-3-43-18-23-10-31(39)16-32(40)11-23)26(5-22-8-29(37)15-30(38)9-22)20-44-19-24-12-33(41)17-34(42)13-24/h2*6-17,25-26,35-42H,1-5,18-20H2/t2*25-,26+/m10/s1. The number of rotatable bonds is 30. The van der Waals surface area contributed by atoms with Gasteiger partial charge in [0.1, 0.15) is 92.0 Å². The van der Waals surface area contributed by atoms with E-state index in [4.69, 9.17) is 18.9 Å². The maximum atomic E-state index is 10.1. The fourth-order valence-corrected chi connectivity index (χ4v) is 10.9. The van der Waals surface area contributed by atoms with Crippen molar-refractivity contribution in [1.82, 2.24) is 0 Å². The van der Waals surface area contributed by atoms with Crippen LogP contribution in [0.25, 0.3) is 0 Å². The van der Waals surface area contributed by atoms with Crippen LogP contribution < -0.4 is 0 Å². The Bertz CT molecular complexity index is 3140. The quantitative estimate of drug-likeness (QED) is 0.0186. The smallest absolute Gasteiger partial charge is 0.119 e. The number of benzene rings is 8. The van der Waals surface area contributed by atoms with Crippen molar-refractivity contribution in [2.45, 2.75) is 77.8 Å². The molecule has 0 aliphatic heterocycles. The van der Waals surface area contributed by atoms with Gasteiger partial charge in [-0.15, -0.1) is 0 Å². The van der Waals surface area contributed by atoms with E-state index in [0.29, 0.717) is 109 Å². The van der Waals surface area contributed by atoms with E-state index in [2.05, 4.69) is 0 Å². The summed E-state index contributed by atoms with van der Waals surface area (Å²) in [5.74, 6) is -1.61. The number of ether oxygens (including phenoxy) is 4. The molecule has 0 saturated carbocycles. The van der Waals surface area contributed by atoms with E-state index in [1.54, 1.807) is 48.5 Å². The number of hydrogen-bond acceptors (Lipinski definition) is 20. The van der Waals surface area contributed by atoms with E-state index in [1.807, 2.05) is 0 Å². The molecule has 0 aromatic heterocycles. The lowest BCUT2D eigenvalue weighted by atomic mass is 9.80. The van der Waals surface area contributed by atoms with Crippen LogP contribution >= 0.6 is 0 Å². The van der Waals surface area contributed by atoms with Crippen LogP contribution in [0.4, 0.5) is 0 Å². The Hall–Kier alpha value is -9.60. The highest BCUT2D eigenvalue weighted by atomic mass is 16.5. The van der Waals surface area contributed by atoms with Gasteiger partial charge in [-0.2, -0.15) is 0 Å². The molecule has 0 bridgehead atoms. The molecule has 0 fully saturated rings. The van der Waals surface area contributed by atoms with Crippen molar-refractivity contribution in [3.63, 3.8) is 0 Å². The van der Waals surface area contributed by atoms with Gasteiger partial charge in [-0.25, -0.2) is 0 Å². The van der Waals surface area contributed by atoms with Crippen LogP contribution in [0.1, 0.15) is 70.2 Å². The Balaban J connectivity index is 0.000000251. The summed E-state index contributed by atoms with van der Waals surface area (Å²) in [6.07, 6.45) is 4.33. The van der Waals surface area contributed by atoms with Gasteiger partial charge in [0.2, 0.25) is 0 Å². The van der Waals surface area contributed by atoms with Crippen molar-refractivity contribution in [2.75, 3.05) is 26.4 Å². The first kappa shape index (κ1) is 65.9. The molecule has 0 unspecified atom stereocenters. The molecular formula is C68H76O20. The van der Waals surface area contributed by atoms with Gasteiger partial charge in [-0.3, -0.25) is 0 Å². The fourth-order valence-electron chi connectivity index (χ4n) is 10.9. The highest BCUT2D eigenvalue weighted by molar-refractivity contribution is 5.42. The first-order chi connectivity index (χ1) is 42.0. The maximum Gasteiger partial charge on any atom is 0.119 e. The van der Waals surface area contributed by atoms with E-state index in [0.717, 1.165) is 0 Å². The topological polar surface area (TPSA) is 361 Å². The summed E-state index contributed by atoms with van der Waals surface area (Å²) in [6, 6.07) is 34.7. The monoisotopic (exact) mass is 1210 g/mol. The Morgan fingerprint density at radius 1 is 0.205 bits per heavy atom. The maximum absolute atomic E-state index is 10.1. The van der Waals surface area contributed by atoms with E-state index < -0.39 is 0 Å². The Morgan fingerprint density at radius 2 is 0.375 bits per heavy atom. The third-order valence-corrected chi connectivity index (χ3v) is 14.5. The zero-order valence-electron chi connectivity index (χ0n) is 48.3. The fraction of sp³-hybridized carbons (Fsp3) is 0.294.